The molecule has 140 heavy (non-hydrogen) atoms. The van der Waals surface area contributed by atoms with Crippen LogP contribution in [0, 0.1) is 0 Å². The third kappa shape index (κ3) is 26.0. The number of fused-ring (bicyclic) bond motifs is 9. The van der Waals surface area contributed by atoms with Crippen molar-refractivity contribution in [2.45, 2.75) is 163 Å². The van der Waals surface area contributed by atoms with Crippen molar-refractivity contribution in [2.75, 3.05) is 13.2 Å². The zero-order valence-electron chi connectivity index (χ0n) is 73.5. The van der Waals surface area contributed by atoms with Crippen LogP contribution in [0.1, 0.15) is 70.6 Å². The summed E-state index contributed by atoms with van der Waals surface area (Å²) in [7, 11) is 5.68. The number of H-pyrrole nitrogens is 3. The van der Waals surface area contributed by atoms with E-state index in [-0.39, 0.29) is 0 Å². The van der Waals surface area contributed by atoms with Crippen LogP contribution in [0.3, 0.4) is 0 Å². The van der Waals surface area contributed by atoms with Crippen molar-refractivity contribution in [2.24, 2.45) is 21.1 Å². The summed E-state index contributed by atoms with van der Waals surface area (Å²) in [6, 6.07) is 0. The number of thiophene rings is 9. The molecule has 1 aliphatic heterocycles. The van der Waals surface area contributed by atoms with Gasteiger partial charge in [-0.15, -0.1) is 163 Å². The number of aromatic nitrogens is 36. The third-order valence-corrected chi connectivity index (χ3v) is 37.0. The van der Waals surface area contributed by atoms with E-state index in [0.29, 0.717) is 15.6 Å². The Labute approximate surface area is 870 Å². The largest absolute Gasteiger partial charge is 0.381 e. The van der Waals surface area contributed by atoms with E-state index in [9.17, 15) is 0 Å². The second-order valence-corrected chi connectivity index (χ2v) is 45.9. The number of thioether (sulfide) groups is 3. The fourth-order valence-electron chi connectivity index (χ4n) is 13.5. The summed E-state index contributed by atoms with van der Waals surface area (Å²) in [5, 5.41) is 102. The third-order valence-electron chi connectivity index (χ3n) is 20.4. The lowest BCUT2D eigenvalue weighted by atomic mass is 10.0. The van der Waals surface area contributed by atoms with Crippen molar-refractivity contribution in [3.8, 4) is 0 Å². The molecule has 0 aromatic carbocycles. The van der Waals surface area contributed by atoms with Crippen molar-refractivity contribution in [3.63, 3.8) is 0 Å². The number of nitrogens with zero attached hydrogens (tertiary/aromatic N) is 33. The Morgan fingerprint density at radius 3 is 1.03 bits per heavy atom. The molecular weight excluding hydrogens is 2120 g/mol. The summed E-state index contributed by atoms with van der Waals surface area (Å²) in [4.78, 5) is 92.1. The highest BCUT2D eigenvalue weighted by Gasteiger charge is 2.23. The Morgan fingerprint density at radius 2 is 0.686 bits per heavy atom. The van der Waals surface area contributed by atoms with E-state index in [1.807, 2.05) is 119 Å². The first kappa shape index (κ1) is 98.1. The van der Waals surface area contributed by atoms with Gasteiger partial charge >= 0.3 is 0 Å². The van der Waals surface area contributed by atoms with Crippen LogP contribution in [0.2, 0.25) is 0 Å². The molecule has 708 valence electrons. The van der Waals surface area contributed by atoms with Crippen molar-refractivity contribution in [1.29, 1.82) is 0 Å². The molecule has 3 N–H and O–H groups in total. The minimum Gasteiger partial charge on any atom is -0.381 e. The van der Waals surface area contributed by atoms with Gasteiger partial charge in [0.25, 0.3) is 0 Å². The van der Waals surface area contributed by atoms with E-state index < -0.39 is 0 Å². The van der Waals surface area contributed by atoms with Gasteiger partial charge in [0.1, 0.15) is 115 Å². The molecule has 24 aromatic rings. The van der Waals surface area contributed by atoms with Crippen LogP contribution in [-0.4, -0.2) is 209 Å². The summed E-state index contributed by atoms with van der Waals surface area (Å²) < 4.78 is 10.8. The number of tetrazole rings is 2. The van der Waals surface area contributed by atoms with Crippen LogP contribution in [0.4, 0.5) is 0 Å². The fourth-order valence-corrected chi connectivity index (χ4v) is 29.4. The molecule has 2 saturated carbocycles. The van der Waals surface area contributed by atoms with E-state index in [1.165, 1.54) is 155 Å². The number of rotatable bonds is 18. The van der Waals surface area contributed by atoms with Gasteiger partial charge in [0, 0.05) is 220 Å². The number of hydrogen-bond donors (Lipinski definition) is 3. The average molecular weight is 2190 g/mol. The minimum atomic E-state index is 0.557. The Hall–Kier alpha value is -10.7. The fraction of sp³-hybridized carbons (Fsp3) is 0.224. The number of hydrogen-bond acceptors (Lipinski definition) is 49. The molecule has 37 nitrogen and oxygen atoms in total. The van der Waals surface area contributed by atoms with Crippen molar-refractivity contribution in [1.82, 2.24) is 180 Å². The van der Waals surface area contributed by atoms with E-state index in [4.69, 9.17) is 4.74 Å². The molecule has 3 aliphatic rings. The Bertz CT molecular complexity index is 7340. The second-order valence-electron chi connectivity index (χ2n) is 29.6. The van der Waals surface area contributed by atoms with E-state index in [1.54, 1.807) is 201 Å². The maximum atomic E-state index is 5.37. The van der Waals surface area contributed by atoms with Crippen LogP contribution in [0.25, 0.3) is 98.1 Å². The second kappa shape index (κ2) is 49.8. The monoisotopic (exact) mass is 2190 g/mol. The topological polar surface area (TPSA) is 458 Å². The highest BCUT2D eigenvalue weighted by molar-refractivity contribution is 8.01. The molecule has 3 fully saturated rings. The predicted molar refractivity (Wildman–Crippen MR) is 564 cm³/mol. The summed E-state index contributed by atoms with van der Waals surface area (Å²) in [5.41, 5.74) is 9.09. The summed E-state index contributed by atoms with van der Waals surface area (Å²) >= 11 is 29.4. The van der Waals surface area contributed by atoms with Crippen molar-refractivity contribution in [3.05, 3.63) is 191 Å². The number of aromatic amines is 3. The lowest BCUT2D eigenvalue weighted by Crippen LogP contribution is -2.17. The molecule has 0 atom stereocenters. The van der Waals surface area contributed by atoms with Gasteiger partial charge in [0.05, 0.1) is 49.7 Å². The van der Waals surface area contributed by atoms with Gasteiger partial charge < -0.3 is 18.9 Å². The van der Waals surface area contributed by atoms with Gasteiger partial charge in [0.2, 0.25) is 10.3 Å². The van der Waals surface area contributed by atoms with Gasteiger partial charge in [-0.05, 0) is 125 Å². The van der Waals surface area contributed by atoms with Gasteiger partial charge in [-0.25, -0.2) is 109 Å². The minimum absolute atomic E-state index is 0.557. The Morgan fingerprint density at radius 1 is 0.321 bits per heavy atom. The standard InChI is InChI=1S/C12H14N2S2.C11H12N2OS2.C11H12N2S2.C10H8N4S2.C9H7N5S2.C9H6N4S2.C8H6N6S2.C8H5N5S2.C7H4N6S2/c1-2-4-9(5-3-1)16-12-10-6-15-7-11(10)13-8-14-12;1-3-14-4-2-8(1)16-11-9-5-15-6-10(9)12-7-13-11;1-2-4-8(3-1)15-11-9-5-14-6-10(9)12-7-13-11;1-14-3-2-11-10(14)16-9-7-4-15-5-8(7)12-6-13-9;1-14-5-12-13-9(14)16-8-6-2-15-3-7(6)10-4-11-8;1-2-11-9(10-1)15-8-6-3-14-4-7(6)12-5-13-8;1-14-8(11-12-13-14)16-7-5-2-15-3-6(5)9-4-10-7;1-5-6(2-14-1)9-3-10-7(5)15-8-11-4-12-13-8;1-4-5(2-14-1)8-3-9-6(4)15-7-10-12-13-11-7/h6-9H,1-5H2;5-8H,1-4H2;5-8H,1-4H2;2-6H,1H3;2-5H,1H3;1-5H,(H,10,11);2-4H,1H3;1-4H,(H,11,12,13);1-3H,(H,10,11,12,13). The summed E-state index contributed by atoms with van der Waals surface area (Å²) in [6.07, 6.45) is 39.4. The van der Waals surface area contributed by atoms with Crippen LogP contribution in [-0.2, 0) is 25.9 Å². The Balaban J connectivity index is 0.000000100. The molecule has 27 rings (SSSR count). The Kier molecular flexibility index (Phi) is 34.9. The first-order valence-electron chi connectivity index (χ1n) is 42.4. The molecular formula is C85H74N36OS18. The maximum Gasteiger partial charge on any atom is 0.237 e. The molecule has 0 bridgehead atoms. The molecule has 25 heterocycles. The van der Waals surface area contributed by atoms with Crippen LogP contribution in [0.5, 0.6) is 0 Å². The highest BCUT2D eigenvalue weighted by atomic mass is 32.2. The van der Waals surface area contributed by atoms with Crippen LogP contribution >= 0.6 is 208 Å². The van der Waals surface area contributed by atoms with Gasteiger partial charge in [0.15, 0.2) is 20.6 Å². The number of imidazole rings is 2. The molecule has 0 amide bonds. The zero-order chi connectivity index (χ0) is 94.8. The number of nitrogens with one attached hydrogen (secondary N) is 3. The molecule has 55 heteroatoms. The van der Waals surface area contributed by atoms with Gasteiger partial charge in [-0.1, -0.05) is 32.1 Å². The van der Waals surface area contributed by atoms with E-state index >= 15 is 0 Å². The summed E-state index contributed by atoms with van der Waals surface area (Å²) in [6.45, 7) is 1.77. The summed E-state index contributed by atoms with van der Waals surface area (Å²) in [5.74, 6) is 0. The smallest absolute Gasteiger partial charge is 0.237 e. The number of ether oxygens (including phenoxy) is 1. The first-order chi connectivity index (χ1) is 69.1. The number of aryl methyl sites for hydroxylation is 3. The maximum absolute atomic E-state index is 5.37. The highest BCUT2D eigenvalue weighted by Crippen LogP contribution is 2.42. The van der Waals surface area contributed by atoms with E-state index in [0.717, 1.165) is 174 Å². The normalized spacial score (nSPS) is 13.3. The lowest BCUT2D eigenvalue weighted by molar-refractivity contribution is 0.1000. The molecule has 2 aliphatic carbocycles. The molecule has 0 spiro atoms. The quantitative estimate of drug-likeness (QED) is 0.0672. The van der Waals surface area contributed by atoms with Gasteiger partial charge in [-0.2, -0.15) is 10.3 Å². The van der Waals surface area contributed by atoms with Crippen LogP contribution in [0.15, 0.2) is 267 Å². The SMILES string of the molecule is Cn1ccnc1Sc1ncnc2cscc12.Cn1cnnc1Sc1ncnc2cscc12.Cn1nnnc1Sc1ncnc2cscc12.c1c[nH]c(Sc2ncnc3cscc23)n1.c1n[nH]c(Sc2ncnc3cscc23)n1.c1nc(SC2CCCC2)c2cscc2n1.c1nc(SC2CCCCC2)c2cscc2n1.c1nc(SC2CCOCC2)c2cscc2n1.c1nc(Sc2nn[nH]n2)c2cscc2n1. The van der Waals surface area contributed by atoms with Crippen LogP contribution < -0.4 is 0 Å². The molecule has 0 unspecified atom stereocenters. The van der Waals surface area contributed by atoms with Crippen molar-refractivity contribution >= 4 is 306 Å². The molecule has 24 aromatic heterocycles. The predicted octanol–water partition coefficient (Wildman–Crippen LogP) is 22.6. The molecule has 0 radical (unpaired) electrons. The lowest BCUT2D eigenvalue weighted by Gasteiger charge is -2.21. The average Bonchev–Trinajstić information content (AvgIpc) is 1.71. The van der Waals surface area contributed by atoms with Crippen molar-refractivity contribution < 1.29 is 4.74 Å². The first-order valence-corrected chi connectivity index (χ1v) is 58.4. The molecule has 1 saturated heterocycles. The van der Waals surface area contributed by atoms with E-state index in [2.05, 4.69) is 209 Å². The van der Waals surface area contributed by atoms with Gasteiger partial charge in [-0.3, -0.25) is 5.10 Å². The zero-order valence-corrected chi connectivity index (χ0v) is 88.2.